The van der Waals surface area contributed by atoms with E-state index >= 15 is 0 Å². The third-order valence-corrected chi connectivity index (χ3v) is 3.51. The third kappa shape index (κ3) is 3.35. The Hall–Kier alpha value is -3.23. The van der Waals surface area contributed by atoms with Gasteiger partial charge in [0.15, 0.2) is 17.2 Å². The number of esters is 1. The summed E-state index contributed by atoms with van der Waals surface area (Å²) in [7, 11) is 7.16. The van der Waals surface area contributed by atoms with Gasteiger partial charge in [-0.3, -0.25) is 9.48 Å². The molecule has 2 rings (SSSR count). The average molecular weight is 349 g/mol. The van der Waals surface area contributed by atoms with E-state index in [0.29, 0.717) is 5.75 Å². The number of methoxy groups -OCH3 is 4. The van der Waals surface area contributed by atoms with E-state index in [0.717, 1.165) is 0 Å². The summed E-state index contributed by atoms with van der Waals surface area (Å²) in [5, 5.41) is 6.59. The van der Waals surface area contributed by atoms with Gasteiger partial charge < -0.3 is 24.3 Å². The quantitative estimate of drug-likeness (QED) is 0.788. The normalized spacial score (nSPS) is 10.1. The van der Waals surface area contributed by atoms with E-state index in [1.807, 2.05) is 0 Å². The number of nitrogens with one attached hydrogen (secondary N) is 1. The second-order valence-electron chi connectivity index (χ2n) is 4.86. The molecular formula is C16H19N3O6. The van der Waals surface area contributed by atoms with Crippen LogP contribution in [-0.4, -0.2) is 50.1 Å². The first-order valence-electron chi connectivity index (χ1n) is 7.19. The maximum atomic E-state index is 12.7. The molecule has 0 aliphatic heterocycles. The van der Waals surface area contributed by atoms with Gasteiger partial charge in [-0.2, -0.15) is 5.10 Å². The maximum absolute atomic E-state index is 12.7. The Bertz CT molecular complexity index is 799. The first kappa shape index (κ1) is 18.1. The van der Waals surface area contributed by atoms with Crippen LogP contribution in [0.3, 0.4) is 0 Å². The van der Waals surface area contributed by atoms with Crippen LogP contribution in [0.2, 0.25) is 0 Å². The second kappa shape index (κ2) is 7.56. The number of hydrogen-bond acceptors (Lipinski definition) is 7. The Morgan fingerprint density at radius 2 is 1.72 bits per heavy atom. The van der Waals surface area contributed by atoms with Crippen LogP contribution in [0.1, 0.15) is 20.8 Å². The average Bonchev–Trinajstić information content (AvgIpc) is 2.99. The van der Waals surface area contributed by atoms with Crippen molar-refractivity contribution in [2.75, 3.05) is 33.8 Å². The molecule has 0 aliphatic carbocycles. The molecule has 0 atom stereocenters. The minimum atomic E-state index is -0.616. The van der Waals surface area contributed by atoms with Gasteiger partial charge in [-0.05, 0) is 12.1 Å². The molecule has 134 valence electrons. The molecule has 1 heterocycles. The van der Waals surface area contributed by atoms with E-state index in [9.17, 15) is 9.59 Å². The molecule has 9 heteroatoms. The van der Waals surface area contributed by atoms with E-state index < -0.39 is 11.9 Å². The molecule has 25 heavy (non-hydrogen) atoms. The standard InChI is InChI=1S/C16H19N3O6/c1-19-12(16(21)25-5)10(8-17-19)18-15(20)9-6-7-11(22-2)14(24-4)13(9)23-3/h6-8H,1-5H3,(H,18,20). The molecule has 0 spiro atoms. The molecule has 1 N–H and O–H groups in total. The molecule has 0 aliphatic rings. The van der Waals surface area contributed by atoms with Gasteiger partial charge >= 0.3 is 5.97 Å². The van der Waals surface area contributed by atoms with E-state index in [1.54, 1.807) is 13.1 Å². The van der Waals surface area contributed by atoms with Crippen LogP contribution in [0, 0.1) is 0 Å². The van der Waals surface area contributed by atoms with E-state index in [4.69, 9.17) is 18.9 Å². The predicted octanol–water partition coefficient (Wildman–Crippen LogP) is 1.48. The van der Waals surface area contributed by atoms with Crippen LogP contribution < -0.4 is 19.5 Å². The van der Waals surface area contributed by atoms with Crippen molar-refractivity contribution in [1.82, 2.24) is 9.78 Å². The van der Waals surface area contributed by atoms with E-state index in [1.165, 1.54) is 45.4 Å². The highest BCUT2D eigenvalue weighted by atomic mass is 16.5. The number of carbonyl (C=O) groups is 2. The zero-order valence-electron chi connectivity index (χ0n) is 14.6. The molecule has 0 saturated carbocycles. The number of aryl methyl sites for hydroxylation is 1. The highest BCUT2D eigenvalue weighted by molar-refractivity contribution is 6.09. The van der Waals surface area contributed by atoms with Crippen LogP contribution in [-0.2, 0) is 11.8 Å². The topological polar surface area (TPSA) is 101 Å². The summed E-state index contributed by atoms with van der Waals surface area (Å²) in [6.45, 7) is 0. The molecule has 0 saturated heterocycles. The van der Waals surface area contributed by atoms with Crippen molar-refractivity contribution in [3.05, 3.63) is 29.6 Å². The van der Waals surface area contributed by atoms with Crippen molar-refractivity contribution in [2.45, 2.75) is 0 Å². The molecule has 9 nitrogen and oxygen atoms in total. The first-order chi connectivity index (χ1) is 12.0. The van der Waals surface area contributed by atoms with Gasteiger partial charge in [-0.15, -0.1) is 0 Å². The monoisotopic (exact) mass is 349 g/mol. The van der Waals surface area contributed by atoms with Gasteiger partial charge in [0.1, 0.15) is 0 Å². The number of benzene rings is 1. The summed E-state index contributed by atoms with van der Waals surface area (Å²) in [4.78, 5) is 24.5. The number of anilines is 1. The summed E-state index contributed by atoms with van der Waals surface area (Å²) in [5.41, 5.74) is 0.548. The summed E-state index contributed by atoms with van der Waals surface area (Å²) in [5.74, 6) is -0.196. The summed E-state index contributed by atoms with van der Waals surface area (Å²) in [6.07, 6.45) is 1.36. The van der Waals surface area contributed by atoms with Crippen LogP contribution in [0.25, 0.3) is 0 Å². The molecule has 2 aromatic rings. The summed E-state index contributed by atoms with van der Waals surface area (Å²) < 4.78 is 21.8. The van der Waals surface area contributed by atoms with Crippen LogP contribution in [0.5, 0.6) is 17.2 Å². The van der Waals surface area contributed by atoms with Gasteiger partial charge in [-0.25, -0.2) is 4.79 Å². The summed E-state index contributed by atoms with van der Waals surface area (Å²) in [6, 6.07) is 3.12. The first-order valence-corrected chi connectivity index (χ1v) is 7.19. The third-order valence-electron chi connectivity index (χ3n) is 3.51. The Kier molecular flexibility index (Phi) is 5.48. The SMILES string of the molecule is COC(=O)c1c(NC(=O)c2ccc(OC)c(OC)c2OC)cnn1C. The Morgan fingerprint density at radius 1 is 1.04 bits per heavy atom. The van der Waals surface area contributed by atoms with Gasteiger partial charge in [0.05, 0.1) is 45.9 Å². The smallest absolute Gasteiger partial charge is 0.358 e. The molecule has 1 amide bonds. The Morgan fingerprint density at radius 3 is 2.28 bits per heavy atom. The van der Waals surface area contributed by atoms with Gasteiger partial charge in [-0.1, -0.05) is 0 Å². The molecule has 1 aromatic heterocycles. The van der Waals surface area contributed by atoms with Crippen molar-refractivity contribution in [3.8, 4) is 17.2 Å². The lowest BCUT2D eigenvalue weighted by Crippen LogP contribution is -2.17. The number of amides is 1. The highest BCUT2D eigenvalue weighted by Crippen LogP contribution is 2.40. The predicted molar refractivity (Wildman–Crippen MR) is 88.6 cm³/mol. The van der Waals surface area contributed by atoms with Crippen molar-refractivity contribution in [1.29, 1.82) is 0 Å². The molecule has 0 bridgehead atoms. The minimum absolute atomic E-state index is 0.121. The number of nitrogens with zero attached hydrogens (tertiary/aromatic N) is 2. The number of rotatable bonds is 6. The lowest BCUT2D eigenvalue weighted by molar-refractivity contribution is 0.0589. The second-order valence-corrected chi connectivity index (χ2v) is 4.86. The zero-order chi connectivity index (χ0) is 18.6. The molecule has 0 unspecified atom stereocenters. The van der Waals surface area contributed by atoms with E-state index in [2.05, 4.69) is 10.4 Å². The number of carbonyl (C=O) groups excluding carboxylic acids is 2. The lowest BCUT2D eigenvalue weighted by atomic mass is 10.1. The fourth-order valence-corrected chi connectivity index (χ4v) is 2.34. The number of hydrogen-bond donors (Lipinski definition) is 1. The van der Waals surface area contributed by atoms with Crippen molar-refractivity contribution in [2.24, 2.45) is 7.05 Å². The fraction of sp³-hybridized carbons (Fsp3) is 0.312. The largest absolute Gasteiger partial charge is 0.493 e. The zero-order valence-corrected chi connectivity index (χ0v) is 14.6. The van der Waals surface area contributed by atoms with Crippen LogP contribution in [0.15, 0.2) is 18.3 Å². The van der Waals surface area contributed by atoms with Gasteiger partial charge in [0.25, 0.3) is 5.91 Å². The van der Waals surface area contributed by atoms with Crippen LogP contribution >= 0.6 is 0 Å². The number of aromatic nitrogens is 2. The van der Waals surface area contributed by atoms with Crippen molar-refractivity contribution < 1.29 is 28.5 Å². The fourth-order valence-electron chi connectivity index (χ4n) is 2.34. The molecule has 0 fully saturated rings. The summed E-state index contributed by atoms with van der Waals surface area (Å²) >= 11 is 0. The van der Waals surface area contributed by atoms with Crippen molar-refractivity contribution >= 4 is 17.6 Å². The van der Waals surface area contributed by atoms with Crippen LogP contribution in [0.4, 0.5) is 5.69 Å². The lowest BCUT2D eigenvalue weighted by Gasteiger charge is -2.15. The molecule has 1 aromatic carbocycles. The highest BCUT2D eigenvalue weighted by Gasteiger charge is 2.24. The van der Waals surface area contributed by atoms with Gasteiger partial charge in [0.2, 0.25) is 5.75 Å². The Balaban J connectivity index is 2.42. The molecular weight excluding hydrogens is 330 g/mol. The maximum Gasteiger partial charge on any atom is 0.358 e. The van der Waals surface area contributed by atoms with Crippen molar-refractivity contribution in [3.63, 3.8) is 0 Å². The number of ether oxygens (including phenoxy) is 4. The molecule has 0 radical (unpaired) electrons. The minimum Gasteiger partial charge on any atom is -0.493 e. The van der Waals surface area contributed by atoms with Gasteiger partial charge in [0, 0.05) is 7.05 Å². The van der Waals surface area contributed by atoms with E-state index in [-0.39, 0.29) is 28.4 Å². The Labute approximate surface area is 144 Å².